The summed E-state index contributed by atoms with van der Waals surface area (Å²) >= 11 is 0. The number of fused-ring (bicyclic) bond motifs is 1. The third-order valence-corrected chi connectivity index (χ3v) is 5.76. The number of hydrogen-bond acceptors (Lipinski definition) is 3. The van der Waals surface area contributed by atoms with E-state index in [1.165, 1.54) is 0 Å². The van der Waals surface area contributed by atoms with E-state index in [1.54, 1.807) is 0 Å². The van der Waals surface area contributed by atoms with Crippen LogP contribution in [0.5, 0.6) is 5.75 Å². The predicted molar refractivity (Wildman–Crippen MR) is 95.4 cm³/mol. The Morgan fingerprint density at radius 1 is 1.30 bits per heavy atom. The van der Waals surface area contributed by atoms with Crippen molar-refractivity contribution in [3.8, 4) is 5.75 Å². The smallest absolute Gasteiger partial charge is 0.200 e. The van der Waals surface area contributed by atoms with E-state index >= 15 is 0 Å². The molecule has 0 fully saturated rings. The largest absolute Gasteiger partial charge is 0.487 e. The molecular formula is C17H27N3O2S. The van der Waals surface area contributed by atoms with Gasteiger partial charge < -0.3 is 10.5 Å². The Hall–Kier alpha value is -1.56. The van der Waals surface area contributed by atoms with Gasteiger partial charge in [0, 0.05) is 6.54 Å². The summed E-state index contributed by atoms with van der Waals surface area (Å²) in [5.74, 6) is 1.16. The molecule has 1 atom stereocenters. The molecule has 23 heavy (non-hydrogen) atoms. The van der Waals surface area contributed by atoms with E-state index in [9.17, 15) is 4.21 Å². The minimum atomic E-state index is -1.43. The summed E-state index contributed by atoms with van der Waals surface area (Å²) < 4.78 is 21.7. The van der Waals surface area contributed by atoms with E-state index in [1.807, 2.05) is 27.7 Å². The molecule has 0 aromatic heterocycles. The van der Waals surface area contributed by atoms with Gasteiger partial charge in [0.15, 0.2) is 11.0 Å². The van der Waals surface area contributed by atoms with Crippen LogP contribution in [-0.2, 0) is 17.4 Å². The molecule has 1 aliphatic heterocycles. The van der Waals surface area contributed by atoms with E-state index < -0.39 is 11.0 Å². The van der Waals surface area contributed by atoms with Crippen LogP contribution in [0.1, 0.15) is 49.4 Å². The quantitative estimate of drug-likeness (QED) is 0.657. The number of hydrogen-bond donors (Lipinski definition) is 2. The first-order valence-corrected chi connectivity index (χ1v) is 9.13. The van der Waals surface area contributed by atoms with Crippen LogP contribution in [0.15, 0.2) is 9.89 Å². The van der Waals surface area contributed by atoms with Crippen molar-refractivity contribution in [2.45, 2.75) is 64.9 Å². The molecule has 128 valence electrons. The Bertz CT molecular complexity index is 681. The molecule has 1 aliphatic rings. The van der Waals surface area contributed by atoms with Crippen LogP contribution in [0.4, 0.5) is 0 Å². The number of nitrogens with one attached hydrogen (secondary N) is 1. The maximum Gasteiger partial charge on any atom is 0.200 e. The van der Waals surface area contributed by atoms with Crippen molar-refractivity contribution >= 4 is 16.9 Å². The Morgan fingerprint density at radius 2 is 1.96 bits per heavy atom. The molecule has 6 heteroatoms. The molecule has 5 nitrogen and oxygen atoms in total. The average molecular weight is 337 g/mol. The molecule has 1 heterocycles. The topological polar surface area (TPSA) is 76.7 Å². The molecule has 0 spiro atoms. The molecule has 0 bridgehead atoms. The number of aliphatic imine (C=N–C) groups is 1. The first-order valence-electron chi connectivity index (χ1n) is 7.98. The van der Waals surface area contributed by atoms with Crippen molar-refractivity contribution in [2.75, 3.05) is 6.54 Å². The highest BCUT2D eigenvalue weighted by molar-refractivity contribution is 7.83. The van der Waals surface area contributed by atoms with Gasteiger partial charge in [-0.15, -0.1) is 0 Å². The molecule has 1 unspecified atom stereocenters. The highest BCUT2D eigenvalue weighted by atomic mass is 32.2. The lowest BCUT2D eigenvalue weighted by Gasteiger charge is -2.35. The summed E-state index contributed by atoms with van der Waals surface area (Å²) in [6, 6.07) is 0. The Labute approximate surface area is 141 Å². The molecule has 1 aromatic rings. The summed E-state index contributed by atoms with van der Waals surface area (Å²) in [6.45, 7) is 12.7. The van der Waals surface area contributed by atoms with Gasteiger partial charge in [0.1, 0.15) is 11.4 Å². The minimum absolute atomic E-state index is 0.159. The van der Waals surface area contributed by atoms with Gasteiger partial charge >= 0.3 is 0 Å². The maximum absolute atomic E-state index is 12.7. The lowest BCUT2D eigenvalue weighted by molar-refractivity contribution is 0.0832. The normalized spacial score (nSPS) is 18.1. The van der Waals surface area contributed by atoms with Crippen LogP contribution in [-0.4, -0.2) is 22.3 Å². The predicted octanol–water partition coefficient (Wildman–Crippen LogP) is 2.66. The van der Waals surface area contributed by atoms with Crippen molar-refractivity contribution in [3.63, 3.8) is 0 Å². The molecule has 0 saturated carbocycles. The van der Waals surface area contributed by atoms with Crippen LogP contribution in [0.25, 0.3) is 0 Å². The number of nitrogens with zero attached hydrogens (tertiary/aromatic N) is 1. The molecule has 1 aromatic carbocycles. The van der Waals surface area contributed by atoms with Crippen molar-refractivity contribution in [2.24, 2.45) is 10.7 Å². The second kappa shape index (κ2) is 6.51. The number of benzene rings is 1. The summed E-state index contributed by atoms with van der Waals surface area (Å²) in [5, 5.41) is 0. The fraction of sp³-hybridized carbons (Fsp3) is 0.588. The Morgan fingerprint density at radius 3 is 2.57 bits per heavy atom. The molecular weight excluding hydrogens is 310 g/mol. The number of rotatable bonds is 3. The monoisotopic (exact) mass is 337 g/mol. The molecule has 0 radical (unpaired) electrons. The van der Waals surface area contributed by atoms with Crippen molar-refractivity contribution in [3.05, 3.63) is 22.3 Å². The zero-order chi connectivity index (χ0) is 17.4. The highest BCUT2D eigenvalue weighted by Crippen LogP contribution is 2.41. The third-order valence-electron chi connectivity index (χ3n) is 4.38. The van der Waals surface area contributed by atoms with Gasteiger partial charge in [0.2, 0.25) is 5.96 Å². The lowest BCUT2D eigenvalue weighted by atomic mass is 9.88. The summed E-state index contributed by atoms with van der Waals surface area (Å²) in [6.07, 6.45) is 1.88. The van der Waals surface area contributed by atoms with Crippen LogP contribution in [0.2, 0.25) is 0 Å². The molecule has 0 saturated heterocycles. The van der Waals surface area contributed by atoms with E-state index in [0.29, 0.717) is 6.54 Å². The SMILES string of the molecule is CCN=C(N)NS(=O)c1c(C)c(C)c2c(c1C)CCC(C)(C)O2. The van der Waals surface area contributed by atoms with Gasteiger partial charge in [-0.3, -0.25) is 9.71 Å². The lowest BCUT2D eigenvalue weighted by Crippen LogP contribution is -2.35. The fourth-order valence-electron chi connectivity index (χ4n) is 2.97. The Balaban J connectivity index is 2.50. The number of nitrogens with two attached hydrogens (primary N) is 1. The van der Waals surface area contributed by atoms with Crippen LogP contribution >= 0.6 is 0 Å². The van der Waals surface area contributed by atoms with Gasteiger partial charge in [-0.25, -0.2) is 4.21 Å². The van der Waals surface area contributed by atoms with Crippen LogP contribution in [0, 0.1) is 20.8 Å². The minimum Gasteiger partial charge on any atom is -0.487 e. The summed E-state index contributed by atoms with van der Waals surface area (Å²) in [5.41, 5.74) is 9.81. The van der Waals surface area contributed by atoms with E-state index in [4.69, 9.17) is 10.5 Å². The standard InChI is InChI=1S/C17H27N3O2S/c1-7-19-16(18)20-23(21)15-11(3)10(2)14-13(12(15)4)8-9-17(5,6)22-14/h7-9H2,1-6H3,(H3,18,19,20). The maximum atomic E-state index is 12.7. The second-order valence-electron chi connectivity index (χ2n) is 6.60. The molecule has 2 rings (SSSR count). The zero-order valence-electron chi connectivity index (χ0n) is 14.9. The van der Waals surface area contributed by atoms with E-state index in [0.717, 1.165) is 45.7 Å². The molecule has 0 amide bonds. The van der Waals surface area contributed by atoms with Crippen LogP contribution in [0.3, 0.4) is 0 Å². The van der Waals surface area contributed by atoms with Crippen LogP contribution < -0.4 is 15.2 Å². The fourth-order valence-corrected chi connectivity index (χ4v) is 4.16. The van der Waals surface area contributed by atoms with Crippen molar-refractivity contribution in [1.82, 2.24) is 4.72 Å². The number of guanidine groups is 1. The van der Waals surface area contributed by atoms with Gasteiger partial charge in [-0.1, -0.05) is 0 Å². The highest BCUT2D eigenvalue weighted by Gasteiger charge is 2.31. The molecule has 0 aliphatic carbocycles. The van der Waals surface area contributed by atoms with E-state index in [-0.39, 0.29) is 11.6 Å². The van der Waals surface area contributed by atoms with Crippen molar-refractivity contribution in [1.29, 1.82) is 0 Å². The number of ether oxygens (including phenoxy) is 1. The zero-order valence-corrected chi connectivity index (χ0v) is 15.7. The van der Waals surface area contributed by atoms with Gasteiger partial charge in [0.05, 0.1) is 4.90 Å². The Kier molecular flexibility index (Phi) is 5.04. The summed E-state index contributed by atoms with van der Waals surface area (Å²) in [7, 11) is -1.43. The van der Waals surface area contributed by atoms with Gasteiger partial charge in [-0.2, -0.15) is 0 Å². The third kappa shape index (κ3) is 3.52. The summed E-state index contributed by atoms with van der Waals surface area (Å²) in [4.78, 5) is 4.83. The second-order valence-corrected chi connectivity index (χ2v) is 7.75. The first-order chi connectivity index (χ1) is 10.7. The van der Waals surface area contributed by atoms with E-state index in [2.05, 4.69) is 23.6 Å². The first kappa shape index (κ1) is 17.8. The van der Waals surface area contributed by atoms with Crippen molar-refractivity contribution < 1.29 is 8.95 Å². The average Bonchev–Trinajstić information content (AvgIpc) is 2.44. The van der Waals surface area contributed by atoms with Gasteiger partial charge in [-0.05, 0) is 76.6 Å². The van der Waals surface area contributed by atoms with Gasteiger partial charge in [0.25, 0.3) is 0 Å². The molecule has 3 N–H and O–H groups in total.